The molecule has 0 bridgehead atoms. The number of carbonyl (C=O) groups excluding carboxylic acids is 3. The van der Waals surface area contributed by atoms with Gasteiger partial charge in [0.15, 0.2) is 18.1 Å². The first-order chi connectivity index (χ1) is 18.4. The van der Waals surface area contributed by atoms with E-state index in [0.29, 0.717) is 33.7 Å². The molecule has 9 heteroatoms. The molecular weight excluding hydrogens is 488 g/mol. The molecule has 1 aromatic heterocycles. The number of carbonyl (C=O) groups is 3. The maximum atomic E-state index is 13.1. The van der Waals surface area contributed by atoms with Crippen LogP contribution in [0.5, 0.6) is 11.5 Å². The van der Waals surface area contributed by atoms with Crippen LogP contribution in [0.1, 0.15) is 26.3 Å². The fraction of sp³-hybridized carbons (Fsp3) is 0.172. The molecule has 0 aliphatic heterocycles. The van der Waals surface area contributed by atoms with Crippen molar-refractivity contribution in [1.82, 2.24) is 10.3 Å². The third kappa shape index (κ3) is 5.89. The number of aromatic nitrogens is 1. The van der Waals surface area contributed by atoms with Crippen molar-refractivity contribution >= 4 is 28.7 Å². The maximum absolute atomic E-state index is 13.1. The summed E-state index contributed by atoms with van der Waals surface area (Å²) in [6.07, 6.45) is 0. The van der Waals surface area contributed by atoms with Crippen molar-refractivity contribution in [3.63, 3.8) is 0 Å². The van der Waals surface area contributed by atoms with Gasteiger partial charge in [0.25, 0.3) is 5.91 Å². The van der Waals surface area contributed by atoms with Crippen LogP contribution in [0.3, 0.4) is 0 Å². The lowest BCUT2D eigenvalue weighted by Gasteiger charge is -2.12. The summed E-state index contributed by atoms with van der Waals surface area (Å²) in [6, 6.07) is 20.8. The van der Waals surface area contributed by atoms with Crippen molar-refractivity contribution < 1.29 is 33.3 Å². The van der Waals surface area contributed by atoms with E-state index in [9.17, 15) is 14.4 Å². The third-order valence-corrected chi connectivity index (χ3v) is 5.81. The lowest BCUT2D eigenvalue weighted by Crippen LogP contribution is -2.28. The molecule has 0 saturated carbocycles. The minimum absolute atomic E-state index is 0.208. The molecule has 0 unspecified atom stereocenters. The number of hydrogen-bond acceptors (Lipinski definition) is 8. The molecule has 0 fully saturated rings. The van der Waals surface area contributed by atoms with Gasteiger partial charge in [0.2, 0.25) is 0 Å². The van der Waals surface area contributed by atoms with Crippen molar-refractivity contribution in [2.75, 3.05) is 27.9 Å². The molecule has 1 N–H and O–H groups in total. The molecule has 0 aliphatic carbocycles. The van der Waals surface area contributed by atoms with Crippen LogP contribution in [-0.2, 0) is 20.8 Å². The number of amides is 1. The summed E-state index contributed by atoms with van der Waals surface area (Å²) < 4.78 is 20.7. The van der Waals surface area contributed by atoms with E-state index in [0.717, 1.165) is 11.1 Å². The standard InChI is InChI=1S/C29H26N2O7/c1-35-25-13-12-20(14-26(25)36-2)24-15-22(21-6-4-5-7-23(21)31-24)29(34)38-17-27(32)30-16-18-8-10-19(11-9-18)28(33)37-3/h4-15H,16-17H2,1-3H3,(H,30,32). The molecular formula is C29H26N2O7. The number of methoxy groups -OCH3 is 3. The molecule has 194 valence electrons. The zero-order valence-electron chi connectivity index (χ0n) is 21.1. The monoisotopic (exact) mass is 514 g/mol. The van der Waals surface area contributed by atoms with Crippen molar-refractivity contribution in [2.24, 2.45) is 0 Å². The summed E-state index contributed by atoms with van der Waals surface area (Å²) in [5.74, 6) is -0.454. The minimum Gasteiger partial charge on any atom is -0.493 e. The maximum Gasteiger partial charge on any atom is 0.339 e. The molecule has 0 atom stereocenters. The Morgan fingerprint density at radius 3 is 2.26 bits per heavy atom. The van der Waals surface area contributed by atoms with Gasteiger partial charge in [-0.15, -0.1) is 0 Å². The van der Waals surface area contributed by atoms with Crippen LogP contribution in [0.2, 0.25) is 0 Å². The highest BCUT2D eigenvalue weighted by Gasteiger charge is 2.17. The minimum atomic E-state index is -0.650. The predicted molar refractivity (Wildman–Crippen MR) is 140 cm³/mol. The van der Waals surface area contributed by atoms with E-state index < -0.39 is 24.5 Å². The van der Waals surface area contributed by atoms with E-state index in [1.165, 1.54) is 7.11 Å². The number of hydrogen-bond donors (Lipinski definition) is 1. The average molecular weight is 515 g/mol. The Bertz CT molecular complexity index is 1480. The first-order valence-corrected chi connectivity index (χ1v) is 11.7. The number of esters is 2. The molecule has 38 heavy (non-hydrogen) atoms. The van der Waals surface area contributed by atoms with Crippen molar-refractivity contribution in [1.29, 1.82) is 0 Å². The van der Waals surface area contributed by atoms with Crippen LogP contribution in [-0.4, -0.2) is 50.8 Å². The zero-order valence-corrected chi connectivity index (χ0v) is 21.1. The van der Waals surface area contributed by atoms with Crippen molar-refractivity contribution in [3.05, 3.63) is 89.5 Å². The number of benzene rings is 3. The van der Waals surface area contributed by atoms with Gasteiger partial charge in [0.1, 0.15) is 0 Å². The molecule has 1 heterocycles. The van der Waals surface area contributed by atoms with Crippen LogP contribution < -0.4 is 14.8 Å². The number of para-hydroxylation sites is 1. The number of rotatable bonds is 9. The molecule has 0 spiro atoms. The van der Waals surface area contributed by atoms with Gasteiger partial charge in [-0.05, 0) is 48.0 Å². The number of nitrogens with one attached hydrogen (secondary N) is 1. The largest absolute Gasteiger partial charge is 0.493 e. The first-order valence-electron chi connectivity index (χ1n) is 11.7. The Morgan fingerprint density at radius 1 is 0.816 bits per heavy atom. The van der Waals surface area contributed by atoms with Crippen molar-refractivity contribution in [2.45, 2.75) is 6.54 Å². The molecule has 1 amide bonds. The first kappa shape index (κ1) is 26.2. The highest BCUT2D eigenvalue weighted by molar-refractivity contribution is 6.05. The smallest absolute Gasteiger partial charge is 0.339 e. The Hall–Kier alpha value is -4.92. The van der Waals surface area contributed by atoms with Crippen LogP contribution in [0.4, 0.5) is 0 Å². The summed E-state index contributed by atoms with van der Waals surface area (Å²) >= 11 is 0. The average Bonchev–Trinajstić information content (AvgIpc) is 2.97. The van der Waals surface area contributed by atoms with Crippen LogP contribution in [0, 0.1) is 0 Å². The second-order valence-corrected chi connectivity index (χ2v) is 8.18. The molecule has 4 aromatic rings. The lowest BCUT2D eigenvalue weighted by atomic mass is 10.0. The van der Waals surface area contributed by atoms with Gasteiger partial charge >= 0.3 is 11.9 Å². The van der Waals surface area contributed by atoms with Crippen LogP contribution in [0.15, 0.2) is 72.8 Å². The predicted octanol–water partition coefficient (Wildman–Crippen LogP) is 4.18. The van der Waals surface area contributed by atoms with Gasteiger partial charge in [0.05, 0.1) is 43.7 Å². The molecule has 4 rings (SSSR count). The summed E-state index contributed by atoms with van der Waals surface area (Å²) in [5, 5.41) is 3.30. The van der Waals surface area contributed by atoms with Gasteiger partial charge in [-0.3, -0.25) is 4.79 Å². The van der Waals surface area contributed by atoms with E-state index in [-0.39, 0.29) is 12.1 Å². The Kier molecular flexibility index (Phi) is 8.17. The van der Waals surface area contributed by atoms with Gasteiger partial charge in [-0.2, -0.15) is 0 Å². The fourth-order valence-corrected chi connectivity index (χ4v) is 3.82. The number of ether oxygens (including phenoxy) is 4. The third-order valence-electron chi connectivity index (χ3n) is 5.81. The molecule has 0 saturated heterocycles. The fourth-order valence-electron chi connectivity index (χ4n) is 3.82. The summed E-state index contributed by atoms with van der Waals surface area (Å²) in [5.41, 5.74) is 3.33. The van der Waals surface area contributed by atoms with E-state index in [1.807, 2.05) is 12.1 Å². The summed E-state index contributed by atoms with van der Waals surface area (Å²) in [4.78, 5) is 41.6. The Morgan fingerprint density at radius 2 is 1.55 bits per heavy atom. The number of pyridine rings is 1. The number of nitrogens with zero attached hydrogens (tertiary/aromatic N) is 1. The van der Waals surface area contributed by atoms with Gasteiger partial charge in [-0.1, -0.05) is 30.3 Å². The molecule has 0 aliphatic rings. The van der Waals surface area contributed by atoms with Crippen LogP contribution in [0.25, 0.3) is 22.2 Å². The Labute approximate surface area is 219 Å². The number of fused-ring (bicyclic) bond motifs is 1. The van der Waals surface area contributed by atoms with Gasteiger partial charge in [0, 0.05) is 17.5 Å². The van der Waals surface area contributed by atoms with E-state index >= 15 is 0 Å². The SMILES string of the molecule is COC(=O)c1ccc(CNC(=O)COC(=O)c2cc(-c3ccc(OC)c(OC)c3)nc3ccccc23)cc1. The van der Waals surface area contributed by atoms with Gasteiger partial charge in [-0.25, -0.2) is 14.6 Å². The van der Waals surface area contributed by atoms with Crippen molar-refractivity contribution in [3.8, 4) is 22.8 Å². The highest BCUT2D eigenvalue weighted by atomic mass is 16.5. The summed E-state index contributed by atoms with van der Waals surface area (Å²) in [7, 11) is 4.40. The zero-order chi connectivity index (χ0) is 27.1. The normalized spacial score (nSPS) is 10.5. The van der Waals surface area contributed by atoms with E-state index in [1.54, 1.807) is 74.9 Å². The molecule has 9 nitrogen and oxygen atoms in total. The topological polar surface area (TPSA) is 113 Å². The lowest BCUT2D eigenvalue weighted by molar-refractivity contribution is -0.124. The van der Waals surface area contributed by atoms with E-state index in [4.69, 9.17) is 14.2 Å². The second kappa shape index (κ2) is 11.9. The Balaban J connectivity index is 1.47. The molecule has 3 aromatic carbocycles. The highest BCUT2D eigenvalue weighted by Crippen LogP contribution is 2.33. The molecule has 0 radical (unpaired) electrons. The summed E-state index contributed by atoms with van der Waals surface area (Å²) in [6.45, 7) is -0.249. The quantitative estimate of drug-likeness (QED) is 0.331. The van der Waals surface area contributed by atoms with Crippen LogP contribution >= 0.6 is 0 Å². The van der Waals surface area contributed by atoms with Gasteiger partial charge < -0.3 is 24.3 Å². The van der Waals surface area contributed by atoms with E-state index in [2.05, 4.69) is 15.0 Å². The second-order valence-electron chi connectivity index (χ2n) is 8.18.